The summed E-state index contributed by atoms with van der Waals surface area (Å²) in [7, 11) is 0. The lowest BCUT2D eigenvalue weighted by Crippen LogP contribution is -2.48. The van der Waals surface area contributed by atoms with Crippen LogP contribution in [0.15, 0.2) is 48.5 Å². The van der Waals surface area contributed by atoms with E-state index in [1.54, 1.807) is 0 Å². The van der Waals surface area contributed by atoms with E-state index in [-0.39, 0.29) is 11.3 Å². The summed E-state index contributed by atoms with van der Waals surface area (Å²) in [6, 6.07) is 16.7. The summed E-state index contributed by atoms with van der Waals surface area (Å²) in [5, 5.41) is 26.1. The van der Waals surface area contributed by atoms with E-state index in [0.29, 0.717) is 12.3 Å². The Morgan fingerprint density at radius 3 is 2.53 bits per heavy atom. The predicted molar refractivity (Wildman–Crippen MR) is 134 cm³/mol. The molecule has 3 rings (SSSR count). The molecule has 0 saturated carbocycles. The molecular formula is C29H43NO2. The first-order valence-corrected chi connectivity index (χ1v) is 12.7. The Morgan fingerprint density at radius 1 is 1.03 bits per heavy atom. The fourth-order valence-electron chi connectivity index (χ4n) is 5.25. The first kappa shape index (κ1) is 24.8. The number of phenolic OH excluding ortho intramolecular Hbond substituents is 1. The molecule has 0 spiro atoms. The highest BCUT2D eigenvalue weighted by atomic mass is 16.3. The average molecular weight is 438 g/mol. The quantitative estimate of drug-likeness (QED) is 0.353. The third-order valence-electron chi connectivity index (χ3n) is 7.49. The summed E-state index contributed by atoms with van der Waals surface area (Å²) < 4.78 is 0. The van der Waals surface area contributed by atoms with Crippen LogP contribution in [0.3, 0.4) is 0 Å². The topological polar surface area (TPSA) is 52.5 Å². The molecule has 3 heteroatoms. The zero-order chi connectivity index (χ0) is 23.0. The molecule has 0 amide bonds. The summed E-state index contributed by atoms with van der Waals surface area (Å²) in [6.45, 7) is 8.31. The number of aryl methyl sites for hydroxylation is 1. The van der Waals surface area contributed by atoms with Crippen LogP contribution in [-0.2, 0) is 11.8 Å². The number of aromatic hydroxyl groups is 1. The number of unbranched alkanes of at least 4 members (excludes halogenated alkanes) is 3. The summed E-state index contributed by atoms with van der Waals surface area (Å²) in [5.74, 6) is 0.244. The molecule has 2 atom stereocenters. The zero-order valence-corrected chi connectivity index (χ0v) is 20.4. The van der Waals surface area contributed by atoms with Gasteiger partial charge in [-0.15, -0.1) is 0 Å². The second-order valence-electron chi connectivity index (χ2n) is 10.4. The van der Waals surface area contributed by atoms with Gasteiger partial charge in [-0.05, 0) is 61.3 Å². The molecule has 176 valence electrons. The molecule has 1 aliphatic heterocycles. The van der Waals surface area contributed by atoms with Crippen LogP contribution in [0.2, 0.25) is 0 Å². The molecule has 0 aliphatic carbocycles. The van der Waals surface area contributed by atoms with Crippen molar-refractivity contribution >= 4 is 0 Å². The minimum Gasteiger partial charge on any atom is -0.508 e. The van der Waals surface area contributed by atoms with Crippen molar-refractivity contribution in [1.82, 2.24) is 5.32 Å². The van der Waals surface area contributed by atoms with Crippen LogP contribution < -0.4 is 5.32 Å². The van der Waals surface area contributed by atoms with E-state index in [4.69, 9.17) is 0 Å². The molecule has 2 aromatic carbocycles. The van der Waals surface area contributed by atoms with Crippen molar-refractivity contribution < 1.29 is 10.2 Å². The van der Waals surface area contributed by atoms with Gasteiger partial charge in [-0.3, -0.25) is 0 Å². The lowest BCUT2D eigenvalue weighted by Gasteiger charge is -2.41. The Bertz CT molecular complexity index is 832. The van der Waals surface area contributed by atoms with Gasteiger partial charge in [0.1, 0.15) is 5.75 Å². The van der Waals surface area contributed by atoms with E-state index in [2.05, 4.69) is 62.5 Å². The summed E-state index contributed by atoms with van der Waals surface area (Å²) in [4.78, 5) is 0. The lowest BCUT2D eigenvalue weighted by atomic mass is 9.73. The van der Waals surface area contributed by atoms with Gasteiger partial charge in [0, 0.05) is 18.0 Å². The van der Waals surface area contributed by atoms with E-state index in [0.717, 1.165) is 44.2 Å². The number of aliphatic hydroxyl groups is 1. The van der Waals surface area contributed by atoms with Crippen LogP contribution in [0.25, 0.3) is 0 Å². The van der Waals surface area contributed by atoms with Gasteiger partial charge in [-0.1, -0.05) is 88.9 Å². The summed E-state index contributed by atoms with van der Waals surface area (Å²) in [6.07, 6.45) is 9.54. The van der Waals surface area contributed by atoms with Crippen molar-refractivity contribution in [3.05, 3.63) is 65.2 Å². The van der Waals surface area contributed by atoms with Crippen LogP contribution in [0, 0.1) is 0 Å². The van der Waals surface area contributed by atoms with E-state index < -0.39 is 5.60 Å². The highest BCUT2D eigenvalue weighted by Gasteiger charge is 2.40. The Morgan fingerprint density at radius 2 is 1.81 bits per heavy atom. The molecule has 2 aromatic rings. The Hall–Kier alpha value is -1.84. The second-order valence-corrected chi connectivity index (χ2v) is 10.4. The minimum atomic E-state index is -0.783. The van der Waals surface area contributed by atoms with Crippen LogP contribution in [-0.4, -0.2) is 28.9 Å². The molecule has 0 aromatic heterocycles. The fraction of sp³-hybridized carbons (Fsp3) is 0.586. The fourth-order valence-corrected chi connectivity index (χ4v) is 5.25. The monoisotopic (exact) mass is 437 g/mol. The maximum atomic E-state index is 11.6. The first-order chi connectivity index (χ1) is 15.4. The van der Waals surface area contributed by atoms with E-state index in [1.807, 2.05) is 12.1 Å². The number of piperidine rings is 1. The van der Waals surface area contributed by atoms with E-state index in [1.165, 1.54) is 36.8 Å². The molecule has 1 saturated heterocycles. The lowest BCUT2D eigenvalue weighted by molar-refractivity contribution is -0.0197. The van der Waals surface area contributed by atoms with Crippen molar-refractivity contribution in [1.29, 1.82) is 0 Å². The van der Waals surface area contributed by atoms with Gasteiger partial charge >= 0.3 is 0 Å². The Kier molecular flexibility index (Phi) is 8.79. The number of hydrogen-bond donors (Lipinski definition) is 3. The predicted octanol–water partition coefficient (Wildman–Crippen LogP) is 6.47. The maximum Gasteiger partial charge on any atom is 0.119 e. The van der Waals surface area contributed by atoms with Crippen LogP contribution in [0.5, 0.6) is 5.75 Å². The molecular weight excluding hydrogens is 394 g/mol. The van der Waals surface area contributed by atoms with Gasteiger partial charge in [0.2, 0.25) is 0 Å². The Labute approximate surface area is 195 Å². The molecule has 3 nitrogen and oxygen atoms in total. The molecule has 0 radical (unpaired) electrons. The van der Waals surface area contributed by atoms with Gasteiger partial charge in [0.25, 0.3) is 0 Å². The Balaban J connectivity index is 1.70. The minimum absolute atomic E-state index is 0.0422. The number of rotatable bonds is 11. The average Bonchev–Trinajstić information content (AvgIpc) is 2.78. The maximum absolute atomic E-state index is 11.6. The van der Waals surface area contributed by atoms with E-state index in [9.17, 15) is 10.2 Å². The summed E-state index contributed by atoms with van der Waals surface area (Å²) in [5.41, 5.74) is 2.64. The first-order valence-electron chi connectivity index (χ1n) is 12.7. The smallest absolute Gasteiger partial charge is 0.119 e. The van der Waals surface area contributed by atoms with Gasteiger partial charge in [-0.25, -0.2) is 0 Å². The number of nitrogens with one attached hydrogen (secondary N) is 1. The number of phenols is 1. The zero-order valence-electron chi connectivity index (χ0n) is 20.4. The van der Waals surface area contributed by atoms with Crippen LogP contribution in [0.1, 0.15) is 94.7 Å². The third-order valence-corrected chi connectivity index (χ3v) is 7.49. The van der Waals surface area contributed by atoms with Crippen molar-refractivity contribution in [2.75, 3.05) is 13.1 Å². The standard InChI is InChI=1S/C29H43NO2/c1-4-5-6-10-17-28(2,3)24-15-16-25(27(31)21-24)26-22-30-20-19-29(26,32)18-11-14-23-12-8-7-9-13-23/h7-9,12-13,15-16,21,26,30-32H,4-6,10-11,14,17-20,22H2,1-3H3. The van der Waals surface area contributed by atoms with Gasteiger partial charge in [0.15, 0.2) is 0 Å². The van der Waals surface area contributed by atoms with Crippen LogP contribution >= 0.6 is 0 Å². The van der Waals surface area contributed by atoms with Gasteiger partial charge in [-0.2, -0.15) is 0 Å². The van der Waals surface area contributed by atoms with Crippen molar-refractivity contribution in [3.8, 4) is 5.75 Å². The highest BCUT2D eigenvalue weighted by Crippen LogP contribution is 2.42. The summed E-state index contributed by atoms with van der Waals surface area (Å²) >= 11 is 0. The molecule has 0 bridgehead atoms. The van der Waals surface area contributed by atoms with Gasteiger partial charge < -0.3 is 15.5 Å². The van der Waals surface area contributed by atoms with Crippen LogP contribution in [0.4, 0.5) is 0 Å². The second kappa shape index (κ2) is 11.3. The van der Waals surface area contributed by atoms with Crippen molar-refractivity contribution in [2.24, 2.45) is 0 Å². The highest BCUT2D eigenvalue weighted by molar-refractivity contribution is 5.43. The normalized spacial score (nSPS) is 21.6. The SMILES string of the molecule is CCCCCCC(C)(C)c1ccc(C2CNCCC2(O)CCCc2ccccc2)c(O)c1. The van der Waals surface area contributed by atoms with E-state index >= 15 is 0 Å². The molecule has 32 heavy (non-hydrogen) atoms. The molecule has 1 heterocycles. The largest absolute Gasteiger partial charge is 0.508 e. The number of hydrogen-bond acceptors (Lipinski definition) is 3. The molecule has 1 fully saturated rings. The third kappa shape index (κ3) is 6.36. The molecule has 3 N–H and O–H groups in total. The molecule has 1 aliphatic rings. The van der Waals surface area contributed by atoms with Crippen molar-refractivity contribution in [2.45, 2.75) is 95.5 Å². The van der Waals surface area contributed by atoms with Gasteiger partial charge in [0.05, 0.1) is 5.60 Å². The van der Waals surface area contributed by atoms with Crippen molar-refractivity contribution in [3.63, 3.8) is 0 Å². The molecule has 2 unspecified atom stereocenters. The number of benzene rings is 2.